The number of nitrogens with two attached hydrogens (primary N) is 1. The maximum Gasteiger partial charge on any atom is 0.123 e. The molecule has 1 aromatic rings. The van der Waals surface area contributed by atoms with Gasteiger partial charge in [-0.05, 0) is 19.5 Å². The van der Waals surface area contributed by atoms with Crippen LogP contribution in [0.15, 0.2) is 24.3 Å². The Bertz CT molecular complexity index is 330. The molecule has 0 radical (unpaired) electrons. The molecule has 3 nitrogen and oxygen atoms in total. The summed E-state index contributed by atoms with van der Waals surface area (Å²) in [5.74, 6) is 0.937. The lowest BCUT2D eigenvalue weighted by atomic mass is 10.00. The van der Waals surface area contributed by atoms with Gasteiger partial charge in [-0.1, -0.05) is 18.2 Å². The van der Waals surface area contributed by atoms with Gasteiger partial charge in [0.15, 0.2) is 0 Å². The van der Waals surface area contributed by atoms with Crippen LogP contribution in [0.3, 0.4) is 0 Å². The molecule has 0 bridgehead atoms. The number of benzene rings is 1. The van der Waals surface area contributed by atoms with Crippen LogP contribution in [0.2, 0.25) is 0 Å². The predicted octanol–water partition coefficient (Wildman–Crippen LogP) is 1.40. The Hall–Kier alpha value is -1.06. The van der Waals surface area contributed by atoms with Crippen LogP contribution in [0.4, 0.5) is 0 Å². The highest BCUT2D eigenvalue weighted by Crippen LogP contribution is 2.34. The topological polar surface area (TPSA) is 38.5 Å². The van der Waals surface area contributed by atoms with E-state index in [1.807, 2.05) is 18.2 Å². The third-order valence-electron chi connectivity index (χ3n) is 3.15. The van der Waals surface area contributed by atoms with Crippen molar-refractivity contribution in [1.29, 1.82) is 0 Å². The minimum atomic E-state index is 0.214. The zero-order valence-electron chi connectivity index (χ0n) is 9.31. The second kappa shape index (κ2) is 4.21. The third-order valence-corrected chi connectivity index (χ3v) is 3.15. The fourth-order valence-corrected chi connectivity index (χ4v) is 2.36. The Balaban J connectivity index is 2.35. The first-order valence-electron chi connectivity index (χ1n) is 5.32. The number of methoxy groups -OCH3 is 1. The first-order valence-corrected chi connectivity index (χ1v) is 5.32. The van der Waals surface area contributed by atoms with Crippen LogP contribution >= 0.6 is 0 Å². The molecule has 0 aliphatic carbocycles. The summed E-state index contributed by atoms with van der Waals surface area (Å²) >= 11 is 0. The molecule has 3 heteroatoms. The largest absolute Gasteiger partial charge is 0.496 e. The summed E-state index contributed by atoms with van der Waals surface area (Å²) in [6.07, 6.45) is 1.05. The van der Waals surface area contributed by atoms with Crippen LogP contribution in [0.25, 0.3) is 0 Å². The first kappa shape index (κ1) is 10.5. The zero-order valence-corrected chi connectivity index (χ0v) is 9.31. The summed E-state index contributed by atoms with van der Waals surface area (Å²) in [5.41, 5.74) is 7.33. The van der Waals surface area contributed by atoms with E-state index < -0.39 is 0 Å². The average Bonchev–Trinajstić information content (AvgIpc) is 2.59. The molecule has 2 N–H and O–H groups in total. The normalized spacial score (nSPS) is 26.9. The Morgan fingerprint density at radius 1 is 1.40 bits per heavy atom. The molecule has 1 saturated heterocycles. The van der Waals surface area contributed by atoms with Crippen molar-refractivity contribution in [2.45, 2.75) is 18.5 Å². The van der Waals surface area contributed by atoms with E-state index in [1.165, 1.54) is 5.56 Å². The number of nitrogens with zero attached hydrogens (tertiary/aromatic N) is 1. The van der Waals surface area contributed by atoms with Crippen molar-refractivity contribution in [2.75, 3.05) is 20.7 Å². The molecule has 2 atom stereocenters. The molecule has 1 fully saturated rings. The summed E-state index contributed by atoms with van der Waals surface area (Å²) in [7, 11) is 3.82. The Morgan fingerprint density at radius 2 is 2.13 bits per heavy atom. The maximum absolute atomic E-state index is 6.13. The van der Waals surface area contributed by atoms with E-state index >= 15 is 0 Å². The van der Waals surface area contributed by atoms with Crippen molar-refractivity contribution in [1.82, 2.24) is 4.90 Å². The Kier molecular flexibility index (Phi) is 2.93. The Morgan fingerprint density at radius 3 is 2.73 bits per heavy atom. The van der Waals surface area contributed by atoms with Gasteiger partial charge in [0.05, 0.1) is 13.2 Å². The third kappa shape index (κ3) is 1.85. The number of hydrogen-bond acceptors (Lipinski definition) is 3. The monoisotopic (exact) mass is 206 g/mol. The number of ether oxygens (including phenoxy) is 1. The van der Waals surface area contributed by atoms with Gasteiger partial charge >= 0.3 is 0 Å². The summed E-state index contributed by atoms with van der Waals surface area (Å²) in [6.45, 7) is 1.06. The van der Waals surface area contributed by atoms with Crippen LogP contribution < -0.4 is 10.5 Å². The smallest absolute Gasteiger partial charge is 0.123 e. The molecule has 82 valence electrons. The highest BCUT2D eigenvalue weighted by molar-refractivity contribution is 5.37. The van der Waals surface area contributed by atoms with Crippen LogP contribution in [-0.4, -0.2) is 31.6 Å². The second-order valence-corrected chi connectivity index (χ2v) is 4.12. The standard InChI is InChI=1S/C12H18N2O/c1-14-8-7-10(13)12(14)9-5-3-4-6-11(9)15-2/h3-6,10,12H,7-8,13H2,1-2H3. The van der Waals surface area contributed by atoms with Crippen molar-refractivity contribution < 1.29 is 4.74 Å². The number of para-hydroxylation sites is 1. The number of rotatable bonds is 2. The van der Waals surface area contributed by atoms with E-state index in [1.54, 1.807) is 7.11 Å². The fraction of sp³-hybridized carbons (Fsp3) is 0.500. The fourth-order valence-electron chi connectivity index (χ4n) is 2.36. The summed E-state index contributed by atoms with van der Waals surface area (Å²) in [4.78, 5) is 2.29. The molecule has 1 aromatic carbocycles. The first-order chi connectivity index (χ1) is 7.24. The van der Waals surface area contributed by atoms with E-state index in [-0.39, 0.29) is 6.04 Å². The van der Waals surface area contributed by atoms with Crippen LogP contribution in [-0.2, 0) is 0 Å². The van der Waals surface area contributed by atoms with Gasteiger partial charge in [0, 0.05) is 18.2 Å². The molecule has 2 unspecified atom stereocenters. The van der Waals surface area contributed by atoms with Crippen molar-refractivity contribution in [3.05, 3.63) is 29.8 Å². The molecule has 0 aromatic heterocycles. The van der Waals surface area contributed by atoms with E-state index in [2.05, 4.69) is 18.0 Å². The molecule has 2 rings (SSSR count). The molecule has 15 heavy (non-hydrogen) atoms. The quantitative estimate of drug-likeness (QED) is 0.795. The second-order valence-electron chi connectivity index (χ2n) is 4.12. The van der Waals surface area contributed by atoms with Crippen molar-refractivity contribution in [2.24, 2.45) is 5.73 Å². The lowest BCUT2D eigenvalue weighted by Gasteiger charge is -2.24. The molecule has 0 amide bonds. The van der Waals surface area contributed by atoms with Gasteiger partial charge in [-0.2, -0.15) is 0 Å². The van der Waals surface area contributed by atoms with Crippen LogP contribution in [0, 0.1) is 0 Å². The van der Waals surface area contributed by atoms with Gasteiger partial charge < -0.3 is 10.5 Å². The summed E-state index contributed by atoms with van der Waals surface area (Å²) in [6, 6.07) is 8.63. The summed E-state index contributed by atoms with van der Waals surface area (Å²) < 4.78 is 5.37. The van der Waals surface area contributed by atoms with Crippen LogP contribution in [0.1, 0.15) is 18.0 Å². The molecule has 1 aliphatic heterocycles. The highest BCUT2D eigenvalue weighted by Gasteiger charge is 2.31. The van der Waals surface area contributed by atoms with Gasteiger partial charge in [-0.25, -0.2) is 0 Å². The maximum atomic E-state index is 6.13. The SMILES string of the molecule is COc1ccccc1C1C(N)CCN1C. The molecule has 1 heterocycles. The minimum absolute atomic E-state index is 0.214. The molecule has 1 aliphatic rings. The zero-order chi connectivity index (χ0) is 10.8. The van der Waals surface area contributed by atoms with Crippen molar-refractivity contribution >= 4 is 0 Å². The van der Waals surface area contributed by atoms with E-state index in [0.29, 0.717) is 6.04 Å². The van der Waals surface area contributed by atoms with Gasteiger partial charge in [0.25, 0.3) is 0 Å². The lowest BCUT2D eigenvalue weighted by Crippen LogP contribution is -2.29. The predicted molar refractivity (Wildman–Crippen MR) is 61.0 cm³/mol. The number of hydrogen-bond donors (Lipinski definition) is 1. The Labute approximate surface area is 90.8 Å². The number of likely N-dealkylation sites (tertiary alicyclic amines) is 1. The van der Waals surface area contributed by atoms with Crippen LogP contribution in [0.5, 0.6) is 5.75 Å². The van der Waals surface area contributed by atoms with Gasteiger partial charge in [0.2, 0.25) is 0 Å². The summed E-state index contributed by atoms with van der Waals surface area (Å²) in [5, 5.41) is 0. The van der Waals surface area contributed by atoms with Gasteiger partial charge in [-0.15, -0.1) is 0 Å². The number of likely N-dealkylation sites (N-methyl/N-ethyl adjacent to an activating group) is 1. The highest BCUT2D eigenvalue weighted by atomic mass is 16.5. The molecular weight excluding hydrogens is 188 g/mol. The lowest BCUT2D eigenvalue weighted by molar-refractivity contribution is 0.293. The van der Waals surface area contributed by atoms with Crippen molar-refractivity contribution in [3.63, 3.8) is 0 Å². The molecule has 0 saturated carbocycles. The van der Waals surface area contributed by atoms with Gasteiger partial charge in [-0.3, -0.25) is 4.90 Å². The molecule has 0 spiro atoms. The molecular formula is C12H18N2O. The average molecular weight is 206 g/mol. The van der Waals surface area contributed by atoms with E-state index in [0.717, 1.165) is 18.7 Å². The van der Waals surface area contributed by atoms with E-state index in [4.69, 9.17) is 10.5 Å². The van der Waals surface area contributed by atoms with Crippen molar-refractivity contribution in [3.8, 4) is 5.75 Å². The van der Waals surface area contributed by atoms with Gasteiger partial charge in [0.1, 0.15) is 5.75 Å². The minimum Gasteiger partial charge on any atom is -0.496 e. The van der Waals surface area contributed by atoms with E-state index in [9.17, 15) is 0 Å².